The Morgan fingerprint density at radius 2 is 1.82 bits per heavy atom. The molecule has 0 aliphatic heterocycles. The second-order valence-electron chi connectivity index (χ2n) is 9.75. The van der Waals surface area contributed by atoms with Gasteiger partial charge in [0, 0.05) is 30.1 Å². The van der Waals surface area contributed by atoms with E-state index in [1.54, 1.807) is 6.07 Å². The Bertz CT molecular complexity index is 1540. The summed E-state index contributed by atoms with van der Waals surface area (Å²) in [5, 5.41) is 14.3. The van der Waals surface area contributed by atoms with Crippen LogP contribution in [-0.4, -0.2) is 26.8 Å². The minimum absolute atomic E-state index is 0.209. The third-order valence-electron chi connectivity index (χ3n) is 7.06. The van der Waals surface area contributed by atoms with Gasteiger partial charge in [0.15, 0.2) is 0 Å². The average Bonchev–Trinajstić information content (AvgIpc) is 3.32. The summed E-state index contributed by atoms with van der Waals surface area (Å²) < 4.78 is 25.6. The Hall–Kier alpha value is -4.26. The number of aromatic nitrogens is 2. The Morgan fingerprint density at radius 3 is 2.55 bits per heavy atom. The summed E-state index contributed by atoms with van der Waals surface area (Å²) in [6.45, 7) is -1.10. The molecule has 0 spiro atoms. The number of hydrogen-bond donors (Lipinski definition) is 1. The van der Waals surface area contributed by atoms with Crippen molar-refractivity contribution in [2.45, 2.75) is 38.6 Å². The second kappa shape index (κ2) is 11.0. The van der Waals surface area contributed by atoms with E-state index < -0.39 is 18.3 Å². The summed E-state index contributed by atoms with van der Waals surface area (Å²) in [4.78, 5) is 26.1. The third kappa shape index (κ3) is 5.67. The molecule has 4 aromatic rings. The van der Waals surface area contributed by atoms with Crippen LogP contribution in [-0.2, 0) is 23.2 Å². The Kier molecular flexibility index (Phi) is 6.98. The Balaban J connectivity index is 1.49. The molecule has 0 bridgehead atoms. The maximum Gasteiger partial charge on any atom is 0.328 e. The van der Waals surface area contributed by atoms with Crippen molar-refractivity contribution in [2.24, 2.45) is 13.0 Å². The van der Waals surface area contributed by atoms with Gasteiger partial charge < -0.3 is 10.0 Å². The smallest absolute Gasteiger partial charge is 0.328 e. The van der Waals surface area contributed by atoms with Gasteiger partial charge >= 0.3 is 5.97 Å². The maximum absolute atomic E-state index is 14.7. The fourth-order valence-electron chi connectivity index (χ4n) is 5.06. The number of carbonyl (C=O) groups is 2. The van der Waals surface area contributed by atoms with Gasteiger partial charge in [0.2, 0.25) is 5.91 Å². The number of carboxylic acids is 1. The number of hydrogen-bond acceptors (Lipinski definition) is 3. The average molecular weight is 513 g/mol. The van der Waals surface area contributed by atoms with Crippen LogP contribution in [0.25, 0.3) is 28.1 Å². The van der Waals surface area contributed by atoms with E-state index in [4.69, 9.17) is 6.48 Å². The molecule has 6 nitrogen and oxygen atoms in total. The van der Waals surface area contributed by atoms with Crippen LogP contribution < -0.4 is 4.90 Å². The van der Waals surface area contributed by atoms with Crippen LogP contribution in [0.4, 0.5) is 10.1 Å². The van der Waals surface area contributed by atoms with Crippen molar-refractivity contribution >= 4 is 34.5 Å². The first-order valence-electron chi connectivity index (χ1n) is 13.4. The molecular formula is C31H30FN3O3. The fourth-order valence-corrected chi connectivity index (χ4v) is 5.06. The number of amides is 1. The highest BCUT2D eigenvalue weighted by atomic mass is 19.1. The van der Waals surface area contributed by atoms with Gasteiger partial charge in [-0.15, -0.1) is 0 Å². The Labute approximate surface area is 222 Å². The molecule has 1 fully saturated rings. The summed E-state index contributed by atoms with van der Waals surface area (Å²) in [6, 6.07) is 17.6. The number of aryl methyl sites for hydroxylation is 1. The van der Waals surface area contributed by atoms with Crippen LogP contribution in [0.3, 0.4) is 0 Å². The van der Waals surface area contributed by atoms with E-state index >= 15 is 0 Å². The number of benzene rings is 3. The highest BCUT2D eigenvalue weighted by Crippen LogP contribution is 2.31. The van der Waals surface area contributed by atoms with E-state index in [1.807, 2.05) is 54.3 Å². The first kappa shape index (κ1) is 24.1. The van der Waals surface area contributed by atoms with Crippen molar-refractivity contribution < 1.29 is 20.5 Å². The van der Waals surface area contributed by atoms with Crippen molar-refractivity contribution in [3.8, 4) is 11.1 Å². The number of carbonyl (C=O) groups excluding carboxylic acids is 1. The largest absolute Gasteiger partial charge is 0.478 e. The van der Waals surface area contributed by atoms with Gasteiger partial charge in [-0.1, -0.05) is 49.6 Å². The predicted octanol–water partition coefficient (Wildman–Crippen LogP) is 6.59. The molecule has 1 aromatic heterocycles. The monoisotopic (exact) mass is 512 g/mol. The van der Waals surface area contributed by atoms with Crippen molar-refractivity contribution in [3.63, 3.8) is 0 Å². The van der Waals surface area contributed by atoms with Gasteiger partial charge in [-0.05, 0) is 71.5 Å². The number of rotatable bonds is 7. The van der Waals surface area contributed by atoms with Crippen LogP contribution in [0.15, 0.2) is 72.9 Å². The number of fused-ring (bicyclic) bond motifs is 1. The molecule has 0 radical (unpaired) electrons. The summed E-state index contributed by atoms with van der Waals surface area (Å²) >= 11 is 0. The summed E-state index contributed by atoms with van der Waals surface area (Å²) in [5.41, 5.74) is 4.15. The molecule has 1 atom stereocenters. The van der Waals surface area contributed by atoms with Gasteiger partial charge in [0.05, 0.1) is 19.6 Å². The van der Waals surface area contributed by atoms with E-state index in [0.29, 0.717) is 11.1 Å². The zero-order valence-corrected chi connectivity index (χ0v) is 21.2. The van der Waals surface area contributed by atoms with E-state index in [0.717, 1.165) is 60.2 Å². The third-order valence-corrected chi connectivity index (χ3v) is 7.06. The number of nitrogens with zero attached hydrogens (tertiary/aromatic N) is 3. The van der Waals surface area contributed by atoms with Crippen molar-refractivity contribution in [3.05, 3.63) is 89.9 Å². The fraction of sp³-hybridized carbons (Fsp3) is 0.258. The molecule has 1 aliphatic rings. The molecule has 1 heterocycles. The van der Waals surface area contributed by atoms with Crippen LogP contribution in [0.5, 0.6) is 0 Å². The van der Waals surface area contributed by atoms with Gasteiger partial charge in [-0.2, -0.15) is 5.10 Å². The molecule has 0 saturated heterocycles. The standard InChI is InChI=1S/C31H30FN3O3/c1-34-29-13-12-25(17-26(29)19-33-34)23-10-7-21(8-11-23)20-35(31(38)24-5-3-2-4-6-24)28-16-22(9-14-30(36)37)15-27(32)18-28/h7-19,24H,2-6,20H2,1H3,(H,36,37)/b14-9+/i20D/t20-/m1/s1. The summed E-state index contributed by atoms with van der Waals surface area (Å²) in [6.07, 6.45) is 8.46. The van der Waals surface area contributed by atoms with Gasteiger partial charge in [0.25, 0.3) is 0 Å². The number of anilines is 1. The van der Waals surface area contributed by atoms with Crippen molar-refractivity contribution in [1.82, 2.24) is 9.78 Å². The lowest BCUT2D eigenvalue weighted by atomic mass is 9.88. The van der Waals surface area contributed by atoms with Crippen LogP contribution in [0.1, 0.15) is 44.6 Å². The predicted molar refractivity (Wildman–Crippen MR) is 147 cm³/mol. The van der Waals surface area contributed by atoms with Crippen LogP contribution >= 0.6 is 0 Å². The zero-order valence-electron chi connectivity index (χ0n) is 22.2. The van der Waals surface area contributed by atoms with Crippen molar-refractivity contribution in [1.29, 1.82) is 0 Å². The SMILES string of the molecule is [2H][C@H](c1ccc(-c2ccc3c(cnn3C)c2)cc1)N(C(=O)C1CCCCC1)c1cc(F)cc(/C=C/C(=O)O)c1. The Morgan fingerprint density at radius 1 is 1.08 bits per heavy atom. The minimum Gasteiger partial charge on any atom is -0.478 e. The molecule has 0 unspecified atom stereocenters. The van der Waals surface area contributed by atoms with Gasteiger partial charge in [-0.3, -0.25) is 9.48 Å². The lowest BCUT2D eigenvalue weighted by molar-refractivity contribution is -0.131. The second-order valence-corrected chi connectivity index (χ2v) is 9.75. The molecule has 5 rings (SSSR count). The van der Waals surface area contributed by atoms with Crippen LogP contribution in [0.2, 0.25) is 0 Å². The molecule has 1 amide bonds. The molecule has 38 heavy (non-hydrogen) atoms. The van der Waals surface area contributed by atoms with E-state index in [-0.39, 0.29) is 17.5 Å². The number of halogens is 1. The quantitative estimate of drug-likeness (QED) is 0.284. The molecule has 7 heteroatoms. The molecule has 1 N–H and O–H groups in total. The van der Waals surface area contributed by atoms with Crippen LogP contribution in [0, 0.1) is 11.7 Å². The van der Waals surface area contributed by atoms with Gasteiger partial charge in [0.1, 0.15) is 5.82 Å². The molecule has 194 valence electrons. The van der Waals surface area contributed by atoms with E-state index in [2.05, 4.69) is 11.2 Å². The first-order valence-corrected chi connectivity index (χ1v) is 12.8. The summed E-state index contributed by atoms with van der Waals surface area (Å²) in [5.74, 6) is -2.21. The first-order chi connectivity index (χ1) is 18.8. The molecule has 1 saturated carbocycles. The minimum atomic E-state index is -1.16. The zero-order chi connectivity index (χ0) is 27.5. The van der Waals surface area contributed by atoms with E-state index in [1.165, 1.54) is 23.1 Å². The number of carboxylic acid groups (broad SMARTS) is 1. The lowest BCUT2D eigenvalue weighted by Crippen LogP contribution is -2.36. The highest BCUT2D eigenvalue weighted by molar-refractivity contribution is 5.95. The molecular weight excluding hydrogens is 481 g/mol. The number of aliphatic carboxylic acids is 1. The summed E-state index contributed by atoms with van der Waals surface area (Å²) in [7, 11) is 1.90. The highest BCUT2D eigenvalue weighted by Gasteiger charge is 2.27. The van der Waals surface area contributed by atoms with E-state index in [9.17, 15) is 14.0 Å². The molecule has 1 aliphatic carbocycles. The maximum atomic E-state index is 14.7. The molecule has 3 aromatic carbocycles. The topological polar surface area (TPSA) is 75.4 Å². The lowest BCUT2D eigenvalue weighted by Gasteiger charge is -2.30. The van der Waals surface area contributed by atoms with Gasteiger partial charge in [-0.25, -0.2) is 9.18 Å². The normalized spacial score (nSPS) is 15.5. The van der Waals surface area contributed by atoms with Crippen molar-refractivity contribution in [2.75, 3.05) is 4.90 Å².